The third-order valence-corrected chi connectivity index (χ3v) is 3.68. The molecular weight excluding hydrogens is 364 g/mol. The van der Waals surface area contributed by atoms with Crippen LogP contribution in [-0.4, -0.2) is 34.1 Å². The first-order valence-electron chi connectivity index (χ1n) is 8.28. The molecule has 0 fully saturated rings. The number of hydrogen-bond acceptors (Lipinski definition) is 6. The third kappa shape index (κ3) is 4.79. The van der Waals surface area contributed by atoms with Crippen molar-refractivity contribution in [3.63, 3.8) is 0 Å². The number of imide groups is 1. The van der Waals surface area contributed by atoms with Crippen molar-refractivity contribution in [3.05, 3.63) is 71.3 Å². The number of fused-ring (bicyclic) bond motifs is 1. The summed E-state index contributed by atoms with van der Waals surface area (Å²) < 4.78 is 5.90. The van der Waals surface area contributed by atoms with Gasteiger partial charge in [-0.3, -0.25) is 24.3 Å². The zero-order chi connectivity index (χ0) is 19.9. The number of carbonyl (C=O) groups is 3. The number of urea groups is 1. The molecule has 9 heteroatoms. The van der Waals surface area contributed by atoms with Crippen LogP contribution in [0.25, 0.3) is 10.9 Å². The quantitative estimate of drug-likeness (QED) is 0.644. The van der Waals surface area contributed by atoms with Crippen molar-refractivity contribution < 1.29 is 19.1 Å². The summed E-state index contributed by atoms with van der Waals surface area (Å²) in [5, 5.41) is 4.86. The minimum Gasteiger partial charge on any atom is -0.454 e. The van der Waals surface area contributed by atoms with Gasteiger partial charge in [0.05, 0.1) is 17.2 Å². The van der Waals surface area contributed by atoms with Crippen LogP contribution in [0.15, 0.2) is 65.7 Å². The standard InChI is InChI=1S/C19H16N4O5/c24-16(22-19(27)21-13-6-2-1-3-7-13)11-28-17(25)10-23-12-20-15-9-5-4-8-14(15)18(23)26/h1-9,12H,10-11H2,(H2,21,22,24,27). The summed E-state index contributed by atoms with van der Waals surface area (Å²) in [7, 11) is 0. The fraction of sp³-hybridized carbons (Fsp3) is 0.105. The number of nitrogens with one attached hydrogen (secondary N) is 2. The Hall–Kier alpha value is -4.01. The van der Waals surface area contributed by atoms with Gasteiger partial charge in [-0.25, -0.2) is 9.78 Å². The molecule has 3 rings (SSSR count). The Bertz CT molecular complexity index is 1080. The lowest BCUT2D eigenvalue weighted by atomic mass is 10.2. The first-order valence-corrected chi connectivity index (χ1v) is 8.28. The van der Waals surface area contributed by atoms with Gasteiger partial charge in [0.1, 0.15) is 6.54 Å². The highest BCUT2D eigenvalue weighted by Gasteiger charge is 2.13. The van der Waals surface area contributed by atoms with Crippen LogP contribution in [0.3, 0.4) is 0 Å². The highest BCUT2D eigenvalue weighted by molar-refractivity contribution is 6.01. The Morgan fingerprint density at radius 1 is 1.00 bits per heavy atom. The van der Waals surface area contributed by atoms with E-state index in [2.05, 4.69) is 10.3 Å². The number of hydrogen-bond donors (Lipinski definition) is 2. The minimum absolute atomic E-state index is 0.369. The number of benzene rings is 2. The molecule has 0 aliphatic rings. The van der Waals surface area contributed by atoms with Crippen LogP contribution in [0, 0.1) is 0 Å². The summed E-state index contributed by atoms with van der Waals surface area (Å²) >= 11 is 0. The van der Waals surface area contributed by atoms with Gasteiger partial charge in [0.25, 0.3) is 11.5 Å². The molecule has 0 spiro atoms. The van der Waals surface area contributed by atoms with Crippen molar-refractivity contribution >= 4 is 34.5 Å². The van der Waals surface area contributed by atoms with Crippen LogP contribution < -0.4 is 16.2 Å². The van der Waals surface area contributed by atoms with Gasteiger partial charge in [-0.2, -0.15) is 0 Å². The number of nitrogens with zero attached hydrogens (tertiary/aromatic N) is 2. The maximum absolute atomic E-state index is 12.3. The second-order valence-electron chi connectivity index (χ2n) is 5.72. The number of rotatable bonds is 5. The molecular formula is C19H16N4O5. The van der Waals surface area contributed by atoms with Gasteiger partial charge in [-0.15, -0.1) is 0 Å². The molecule has 2 N–H and O–H groups in total. The van der Waals surface area contributed by atoms with Crippen LogP contribution in [0.1, 0.15) is 0 Å². The molecule has 0 saturated carbocycles. The van der Waals surface area contributed by atoms with Crippen molar-refractivity contribution in [2.24, 2.45) is 0 Å². The molecule has 0 atom stereocenters. The highest BCUT2D eigenvalue weighted by atomic mass is 16.5. The fourth-order valence-electron chi connectivity index (χ4n) is 2.40. The SMILES string of the molecule is O=C(COC(=O)Cn1cnc2ccccc2c1=O)NC(=O)Nc1ccccc1. The number of ether oxygens (including phenoxy) is 1. The third-order valence-electron chi connectivity index (χ3n) is 3.68. The Morgan fingerprint density at radius 3 is 2.50 bits per heavy atom. The molecule has 0 saturated heterocycles. The maximum Gasteiger partial charge on any atom is 0.326 e. The largest absolute Gasteiger partial charge is 0.454 e. The molecule has 0 aliphatic carbocycles. The summed E-state index contributed by atoms with van der Waals surface area (Å²) in [6.45, 7) is -1.06. The van der Waals surface area contributed by atoms with E-state index in [4.69, 9.17) is 4.74 Å². The van der Waals surface area contributed by atoms with Crippen molar-refractivity contribution in [1.82, 2.24) is 14.9 Å². The lowest BCUT2D eigenvalue weighted by Gasteiger charge is -2.08. The first kappa shape index (κ1) is 18.8. The lowest BCUT2D eigenvalue weighted by Crippen LogP contribution is -2.37. The predicted octanol–water partition coefficient (Wildman–Crippen LogP) is 1.29. The molecule has 0 aliphatic heterocycles. The van der Waals surface area contributed by atoms with E-state index >= 15 is 0 Å². The zero-order valence-corrected chi connectivity index (χ0v) is 14.6. The lowest BCUT2D eigenvalue weighted by molar-refractivity contribution is -0.148. The smallest absolute Gasteiger partial charge is 0.326 e. The minimum atomic E-state index is -0.808. The molecule has 0 unspecified atom stereocenters. The monoisotopic (exact) mass is 380 g/mol. The van der Waals surface area contributed by atoms with E-state index in [0.717, 1.165) is 4.57 Å². The normalized spacial score (nSPS) is 10.3. The zero-order valence-electron chi connectivity index (χ0n) is 14.6. The molecule has 142 valence electrons. The van der Waals surface area contributed by atoms with Crippen LogP contribution in [0.2, 0.25) is 0 Å². The van der Waals surface area contributed by atoms with Gasteiger partial charge in [-0.05, 0) is 24.3 Å². The molecule has 3 amide bonds. The van der Waals surface area contributed by atoms with Gasteiger partial charge in [-0.1, -0.05) is 30.3 Å². The van der Waals surface area contributed by atoms with Gasteiger partial charge in [0, 0.05) is 5.69 Å². The molecule has 9 nitrogen and oxygen atoms in total. The summed E-state index contributed by atoms with van der Waals surface area (Å²) in [5.41, 5.74) is 0.628. The number of amides is 3. The Kier molecular flexibility index (Phi) is 5.75. The van der Waals surface area contributed by atoms with Crippen LogP contribution in [0.5, 0.6) is 0 Å². The number of aromatic nitrogens is 2. The number of anilines is 1. The second kappa shape index (κ2) is 8.58. The van der Waals surface area contributed by atoms with Gasteiger partial charge < -0.3 is 10.1 Å². The summed E-state index contributed by atoms with van der Waals surface area (Å²) in [6, 6.07) is 14.5. The second-order valence-corrected chi connectivity index (χ2v) is 5.72. The molecule has 2 aromatic carbocycles. The van der Waals surface area contributed by atoms with Crippen molar-refractivity contribution in [1.29, 1.82) is 0 Å². The van der Waals surface area contributed by atoms with Crippen LogP contribution >= 0.6 is 0 Å². The molecule has 0 radical (unpaired) electrons. The predicted molar refractivity (Wildman–Crippen MR) is 101 cm³/mol. The van der Waals surface area contributed by atoms with Crippen molar-refractivity contribution in [2.75, 3.05) is 11.9 Å². The van der Waals surface area contributed by atoms with Crippen LogP contribution in [-0.2, 0) is 20.9 Å². The summed E-state index contributed by atoms with van der Waals surface area (Å²) in [4.78, 5) is 51.7. The maximum atomic E-state index is 12.3. The number of esters is 1. The first-order chi connectivity index (χ1) is 13.5. The molecule has 3 aromatic rings. The topological polar surface area (TPSA) is 119 Å². The van der Waals surface area contributed by atoms with E-state index in [1.165, 1.54) is 6.33 Å². The fourth-order valence-corrected chi connectivity index (χ4v) is 2.40. The average Bonchev–Trinajstić information content (AvgIpc) is 2.69. The summed E-state index contributed by atoms with van der Waals surface area (Å²) in [6.07, 6.45) is 1.24. The van der Waals surface area contributed by atoms with Crippen molar-refractivity contribution in [2.45, 2.75) is 6.54 Å². The van der Waals surface area contributed by atoms with E-state index in [9.17, 15) is 19.2 Å². The Balaban J connectivity index is 1.50. The van der Waals surface area contributed by atoms with Gasteiger partial charge >= 0.3 is 12.0 Å². The van der Waals surface area contributed by atoms with Gasteiger partial charge in [0.15, 0.2) is 6.61 Å². The molecule has 28 heavy (non-hydrogen) atoms. The highest BCUT2D eigenvalue weighted by Crippen LogP contribution is 2.05. The molecule has 0 bridgehead atoms. The molecule has 1 heterocycles. The van der Waals surface area contributed by atoms with E-state index in [0.29, 0.717) is 16.6 Å². The number of carbonyl (C=O) groups excluding carboxylic acids is 3. The molecule has 1 aromatic heterocycles. The van der Waals surface area contributed by atoms with E-state index in [1.54, 1.807) is 54.6 Å². The number of para-hydroxylation sites is 2. The van der Waals surface area contributed by atoms with Crippen LogP contribution in [0.4, 0.5) is 10.5 Å². The Labute approximate surface area is 159 Å². The van der Waals surface area contributed by atoms with E-state index in [-0.39, 0.29) is 0 Å². The van der Waals surface area contributed by atoms with E-state index in [1.807, 2.05) is 5.32 Å². The average molecular weight is 380 g/mol. The van der Waals surface area contributed by atoms with Gasteiger partial charge in [0.2, 0.25) is 0 Å². The van der Waals surface area contributed by atoms with E-state index < -0.39 is 36.6 Å². The Morgan fingerprint density at radius 2 is 1.71 bits per heavy atom. The van der Waals surface area contributed by atoms with Crippen molar-refractivity contribution in [3.8, 4) is 0 Å². The summed E-state index contributed by atoms with van der Waals surface area (Å²) in [5.74, 6) is -1.61.